The number of methoxy groups -OCH3 is 1. The van der Waals surface area contributed by atoms with E-state index < -0.39 is 0 Å². The number of hydrogen-bond donors (Lipinski definition) is 0. The Morgan fingerprint density at radius 1 is 1.11 bits per heavy atom. The maximum Gasteiger partial charge on any atom is 0.354 e. The summed E-state index contributed by atoms with van der Waals surface area (Å²) in [4.78, 5) is 27.4. The molecule has 1 amide bonds. The summed E-state index contributed by atoms with van der Waals surface area (Å²) in [6, 6.07) is 11.6. The molecule has 2 fully saturated rings. The summed E-state index contributed by atoms with van der Waals surface area (Å²) in [5.41, 5.74) is 1.26. The van der Waals surface area contributed by atoms with E-state index >= 15 is 0 Å². The number of rotatable bonds is 4. The van der Waals surface area contributed by atoms with Gasteiger partial charge in [0.25, 0.3) is 0 Å². The molecular formula is C22H25ClN2O3. The summed E-state index contributed by atoms with van der Waals surface area (Å²) in [6.07, 6.45) is 6.48. The molecule has 0 spiro atoms. The molecule has 1 aromatic carbocycles. The third kappa shape index (κ3) is 3.22. The van der Waals surface area contributed by atoms with Crippen LogP contribution in [0.5, 0.6) is 0 Å². The van der Waals surface area contributed by atoms with E-state index in [9.17, 15) is 9.59 Å². The number of aromatic nitrogens is 1. The summed E-state index contributed by atoms with van der Waals surface area (Å²) in [6.45, 7) is 1.41. The van der Waals surface area contributed by atoms with Gasteiger partial charge in [-0.15, -0.1) is 0 Å². The lowest BCUT2D eigenvalue weighted by molar-refractivity contribution is -0.142. The van der Waals surface area contributed by atoms with Crippen molar-refractivity contribution < 1.29 is 14.3 Å². The van der Waals surface area contributed by atoms with E-state index in [1.807, 2.05) is 46.0 Å². The Morgan fingerprint density at radius 3 is 2.36 bits per heavy atom. The summed E-state index contributed by atoms with van der Waals surface area (Å²) in [5, 5.41) is 0.694. The number of benzene rings is 1. The first-order valence-corrected chi connectivity index (χ1v) is 10.2. The highest BCUT2D eigenvalue weighted by atomic mass is 35.5. The van der Waals surface area contributed by atoms with Gasteiger partial charge in [-0.1, -0.05) is 30.2 Å². The third-order valence-electron chi connectivity index (χ3n) is 6.33. The van der Waals surface area contributed by atoms with Gasteiger partial charge in [0, 0.05) is 30.4 Å². The average Bonchev–Trinajstić information content (AvgIpc) is 3.18. The topological polar surface area (TPSA) is 51.5 Å². The van der Waals surface area contributed by atoms with E-state index in [2.05, 4.69) is 0 Å². The Kier molecular flexibility index (Phi) is 5.19. The summed E-state index contributed by atoms with van der Waals surface area (Å²) in [5.74, 6) is -0.0834. The molecule has 28 heavy (non-hydrogen) atoms. The van der Waals surface area contributed by atoms with Gasteiger partial charge < -0.3 is 14.2 Å². The van der Waals surface area contributed by atoms with Crippen LogP contribution < -0.4 is 0 Å². The zero-order valence-electron chi connectivity index (χ0n) is 16.1. The fourth-order valence-electron chi connectivity index (χ4n) is 4.56. The van der Waals surface area contributed by atoms with Crippen molar-refractivity contribution in [1.29, 1.82) is 0 Å². The van der Waals surface area contributed by atoms with Gasteiger partial charge in [-0.2, -0.15) is 0 Å². The molecule has 4 rings (SSSR count). The molecule has 0 radical (unpaired) electrons. The summed E-state index contributed by atoms with van der Waals surface area (Å²) >= 11 is 6.03. The molecule has 1 aliphatic heterocycles. The van der Waals surface area contributed by atoms with E-state index in [1.165, 1.54) is 7.11 Å². The highest BCUT2D eigenvalue weighted by molar-refractivity contribution is 6.30. The van der Waals surface area contributed by atoms with Crippen molar-refractivity contribution in [2.75, 3.05) is 20.2 Å². The van der Waals surface area contributed by atoms with E-state index in [-0.39, 0.29) is 23.3 Å². The fourth-order valence-corrected chi connectivity index (χ4v) is 4.69. The second-order valence-corrected chi connectivity index (χ2v) is 8.19. The molecule has 0 N–H and O–H groups in total. The second-order valence-electron chi connectivity index (χ2n) is 7.76. The first-order chi connectivity index (χ1) is 13.5. The van der Waals surface area contributed by atoms with Crippen LogP contribution in [0, 0.1) is 0 Å². The lowest BCUT2D eigenvalue weighted by Gasteiger charge is -2.45. The molecule has 2 heterocycles. The van der Waals surface area contributed by atoms with Crippen LogP contribution in [0.25, 0.3) is 0 Å². The number of piperidine rings is 1. The van der Waals surface area contributed by atoms with Crippen molar-refractivity contribution in [2.24, 2.45) is 0 Å². The summed E-state index contributed by atoms with van der Waals surface area (Å²) in [7, 11) is 1.40. The van der Waals surface area contributed by atoms with Gasteiger partial charge in [-0.05, 0) is 55.5 Å². The number of hydrogen-bond acceptors (Lipinski definition) is 3. The van der Waals surface area contributed by atoms with Gasteiger partial charge in [0.15, 0.2) is 0 Å². The smallest absolute Gasteiger partial charge is 0.354 e. The van der Waals surface area contributed by atoms with Crippen LogP contribution in [0.4, 0.5) is 0 Å². The molecule has 0 unspecified atom stereocenters. The van der Waals surface area contributed by atoms with Crippen LogP contribution in [-0.4, -0.2) is 41.5 Å². The zero-order chi connectivity index (χ0) is 19.7. The number of esters is 1. The largest absolute Gasteiger partial charge is 0.464 e. The van der Waals surface area contributed by atoms with Gasteiger partial charge in [-0.3, -0.25) is 4.79 Å². The molecular weight excluding hydrogens is 376 g/mol. The number of ether oxygens (including phenoxy) is 1. The van der Waals surface area contributed by atoms with Crippen LogP contribution in [-0.2, 0) is 14.9 Å². The Balaban J connectivity index is 1.46. The highest BCUT2D eigenvalue weighted by Crippen LogP contribution is 2.46. The number of halogens is 1. The predicted octanol–water partition coefficient (Wildman–Crippen LogP) is 4.21. The van der Waals surface area contributed by atoms with Crippen molar-refractivity contribution >= 4 is 23.5 Å². The minimum absolute atomic E-state index is 0.209. The van der Waals surface area contributed by atoms with Gasteiger partial charge >= 0.3 is 5.97 Å². The Bertz CT molecular complexity index is 862. The molecule has 6 heteroatoms. The second kappa shape index (κ2) is 7.63. The molecule has 1 aromatic heterocycles. The molecule has 148 valence electrons. The SMILES string of the molecule is COC(=O)c1cccn1C1CCN(C(=O)C2(c3ccc(Cl)cc3)CCC2)CC1. The van der Waals surface area contributed by atoms with Gasteiger partial charge in [-0.25, -0.2) is 4.79 Å². The minimum Gasteiger partial charge on any atom is -0.464 e. The standard InChI is InChI=1S/C22H25ClN2O3/c1-28-20(26)19-4-2-13-25(19)18-9-14-24(15-10-18)21(27)22(11-3-12-22)16-5-7-17(23)8-6-16/h2,4-8,13,18H,3,9-12,14-15H2,1H3. The van der Waals surface area contributed by atoms with Crippen LogP contribution in [0.3, 0.4) is 0 Å². The molecule has 2 aliphatic rings. The molecule has 0 atom stereocenters. The zero-order valence-corrected chi connectivity index (χ0v) is 16.8. The predicted molar refractivity (Wildman–Crippen MR) is 108 cm³/mol. The minimum atomic E-state index is -0.387. The number of amides is 1. The average molecular weight is 401 g/mol. The van der Waals surface area contributed by atoms with Crippen LogP contribution in [0.15, 0.2) is 42.6 Å². The van der Waals surface area contributed by atoms with Gasteiger partial charge in [0.2, 0.25) is 5.91 Å². The van der Waals surface area contributed by atoms with Crippen molar-refractivity contribution in [3.8, 4) is 0 Å². The normalized spacial score (nSPS) is 19.1. The van der Waals surface area contributed by atoms with Crippen molar-refractivity contribution in [3.05, 3.63) is 58.9 Å². The van der Waals surface area contributed by atoms with Crippen LogP contribution in [0.2, 0.25) is 5.02 Å². The molecule has 5 nitrogen and oxygen atoms in total. The molecule has 1 aliphatic carbocycles. The third-order valence-corrected chi connectivity index (χ3v) is 6.58. The lowest BCUT2D eigenvalue weighted by Crippen LogP contribution is -2.53. The van der Waals surface area contributed by atoms with Crippen molar-refractivity contribution in [2.45, 2.75) is 43.6 Å². The Labute approximate surface area is 170 Å². The van der Waals surface area contributed by atoms with E-state index in [1.54, 1.807) is 6.07 Å². The van der Waals surface area contributed by atoms with E-state index in [4.69, 9.17) is 16.3 Å². The van der Waals surface area contributed by atoms with Gasteiger partial charge in [0.1, 0.15) is 5.69 Å². The first-order valence-electron chi connectivity index (χ1n) is 9.86. The van der Waals surface area contributed by atoms with E-state index in [0.29, 0.717) is 23.8 Å². The Morgan fingerprint density at radius 2 is 1.79 bits per heavy atom. The molecule has 1 saturated heterocycles. The lowest BCUT2D eigenvalue weighted by atomic mass is 9.63. The number of carbonyl (C=O) groups is 2. The van der Waals surface area contributed by atoms with Crippen LogP contribution >= 0.6 is 11.6 Å². The monoisotopic (exact) mass is 400 g/mol. The fraction of sp³-hybridized carbons (Fsp3) is 0.455. The highest BCUT2D eigenvalue weighted by Gasteiger charge is 2.48. The summed E-state index contributed by atoms with van der Waals surface area (Å²) < 4.78 is 6.87. The number of nitrogens with zero attached hydrogens (tertiary/aromatic N) is 2. The number of carbonyl (C=O) groups excluding carboxylic acids is 2. The molecule has 1 saturated carbocycles. The molecule has 0 bridgehead atoms. The van der Waals surface area contributed by atoms with Gasteiger partial charge in [0.05, 0.1) is 12.5 Å². The molecule has 2 aromatic rings. The first kappa shape index (κ1) is 19.1. The quantitative estimate of drug-likeness (QED) is 0.722. The maximum absolute atomic E-state index is 13.4. The van der Waals surface area contributed by atoms with Crippen LogP contribution in [0.1, 0.15) is 54.2 Å². The van der Waals surface area contributed by atoms with Crippen molar-refractivity contribution in [1.82, 2.24) is 9.47 Å². The van der Waals surface area contributed by atoms with E-state index in [0.717, 1.165) is 37.7 Å². The number of likely N-dealkylation sites (tertiary alicyclic amines) is 1. The maximum atomic E-state index is 13.4. The Hall–Kier alpha value is -2.27. The van der Waals surface area contributed by atoms with Crippen molar-refractivity contribution in [3.63, 3.8) is 0 Å².